The van der Waals surface area contributed by atoms with Crippen LogP contribution in [-0.4, -0.2) is 87.9 Å². The molecule has 0 aliphatic carbocycles. The normalized spacial score (nSPS) is 24.8. The highest BCUT2D eigenvalue weighted by Gasteiger charge is 2.44. The van der Waals surface area contributed by atoms with Gasteiger partial charge in [0, 0.05) is 13.2 Å². The maximum Gasteiger partial charge on any atom is 0.471 e. The molecule has 30 heavy (non-hydrogen) atoms. The first-order chi connectivity index (χ1) is 13.6. The van der Waals surface area contributed by atoms with Crippen LogP contribution in [0.1, 0.15) is 18.2 Å². The number of aromatic nitrogens is 2. The second-order valence-corrected chi connectivity index (χ2v) is 12.3. The molecule has 2 rings (SSSR count). The number of halogens is 3. The molecule has 1 aliphatic rings. The highest BCUT2D eigenvalue weighted by atomic mass is 31.2. The van der Waals surface area contributed by atoms with E-state index in [0.717, 1.165) is 17.8 Å². The average molecular weight is 455 g/mol. The summed E-state index contributed by atoms with van der Waals surface area (Å²) in [5, 5.41) is 20.6. The van der Waals surface area contributed by atoms with Crippen LogP contribution in [0.25, 0.3) is 0 Å². The van der Waals surface area contributed by atoms with E-state index >= 15 is 0 Å². The predicted molar refractivity (Wildman–Crippen MR) is 105 cm³/mol. The summed E-state index contributed by atoms with van der Waals surface area (Å²) < 4.78 is 44.1. The lowest BCUT2D eigenvalue weighted by atomic mass is 10.1. The van der Waals surface area contributed by atoms with Gasteiger partial charge in [0.05, 0.1) is 18.2 Å². The van der Waals surface area contributed by atoms with Crippen molar-refractivity contribution in [3.05, 3.63) is 32.6 Å². The highest BCUT2D eigenvalue weighted by Crippen LogP contribution is 2.39. The van der Waals surface area contributed by atoms with Crippen LogP contribution < -0.4 is 11.2 Å². The number of alkyl halides is 3. The van der Waals surface area contributed by atoms with Crippen molar-refractivity contribution in [2.45, 2.75) is 43.7 Å². The molecule has 170 valence electrons. The Bertz CT molecular complexity index is 953. The van der Waals surface area contributed by atoms with Gasteiger partial charge in [-0.05, 0) is 25.9 Å². The van der Waals surface area contributed by atoms with Crippen LogP contribution in [0, 0.1) is 0 Å². The van der Waals surface area contributed by atoms with Crippen molar-refractivity contribution < 1.29 is 32.9 Å². The summed E-state index contributed by atoms with van der Waals surface area (Å²) in [5.74, 6) is -2.16. The number of carbonyl (C=O) groups excluding carboxylic acids is 1. The summed E-state index contributed by atoms with van der Waals surface area (Å²) in [4.78, 5) is 37.7. The predicted octanol–water partition coefficient (Wildman–Crippen LogP) is -0.224. The largest absolute Gasteiger partial charge is 0.471 e. The Kier molecular flexibility index (Phi) is 7.07. The number of rotatable bonds is 6. The average Bonchev–Trinajstić information content (AvgIpc) is 2.88. The Labute approximate surface area is 170 Å². The molecule has 4 atom stereocenters. The molecular weight excluding hydrogens is 430 g/mol. The van der Waals surface area contributed by atoms with Gasteiger partial charge in [0.25, 0.3) is 5.56 Å². The minimum atomic E-state index is -5.12. The molecule has 1 aromatic heterocycles. The second-order valence-electron chi connectivity index (χ2n) is 7.97. The van der Waals surface area contributed by atoms with Gasteiger partial charge in [0.15, 0.2) is 6.23 Å². The van der Waals surface area contributed by atoms with Crippen molar-refractivity contribution in [1.29, 1.82) is 0 Å². The summed E-state index contributed by atoms with van der Waals surface area (Å²) in [6, 6.07) is 0. The van der Waals surface area contributed by atoms with Crippen LogP contribution in [0.4, 0.5) is 13.2 Å². The maximum atomic E-state index is 12.6. The fourth-order valence-electron chi connectivity index (χ4n) is 3.05. The monoisotopic (exact) mass is 455 g/mol. The zero-order chi connectivity index (χ0) is 23.0. The highest BCUT2D eigenvalue weighted by molar-refractivity contribution is 7.72. The van der Waals surface area contributed by atoms with Crippen molar-refractivity contribution >= 4 is 19.1 Å². The van der Waals surface area contributed by atoms with Gasteiger partial charge in [-0.1, -0.05) is 0 Å². The van der Waals surface area contributed by atoms with Crippen molar-refractivity contribution in [2.24, 2.45) is 0 Å². The lowest BCUT2D eigenvalue weighted by Crippen LogP contribution is -2.42. The number of aliphatic hydroxyl groups excluding tert-OH is 2. The Hall–Kier alpha value is -1.88. The van der Waals surface area contributed by atoms with Crippen LogP contribution >= 0.6 is 6.89 Å². The first kappa shape index (κ1) is 24.4. The van der Waals surface area contributed by atoms with E-state index < -0.39 is 61.3 Å². The molecule has 0 saturated carbocycles. The second kappa shape index (κ2) is 8.70. The van der Waals surface area contributed by atoms with E-state index in [1.54, 1.807) is 0 Å². The van der Waals surface area contributed by atoms with Gasteiger partial charge in [-0.3, -0.25) is 19.1 Å². The molecule has 9 nitrogen and oxygen atoms in total. The van der Waals surface area contributed by atoms with Gasteiger partial charge in [0.1, 0.15) is 12.2 Å². The minimum absolute atomic E-state index is 0.281. The molecular formula is C17H25F3N3O6P. The van der Waals surface area contributed by atoms with Crippen molar-refractivity contribution in [1.82, 2.24) is 14.5 Å². The number of aliphatic hydroxyl groups is 2. The Balaban J connectivity index is 2.29. The van der Waals surface area contributed by atoms with E-state index in [0.29, 0.717) is 12.6 Å². The first-order valence-electron chi connectivity index (χ1n) is 8.97. The third-order valence-electron chi connectivity index (χ3n) is 4.67. The van der Waals surface area contributed by atoms with Crippen LogP contribution in [0.2, 0.25) is 0 Å². The third kappa shape index (κ3) is 5.63. The molecule has 2 heterocycles. The molecule has 0 spiro atoms. The summed E-state index contributed by atoms with van der Waals surface area (Å²) in [7, 11) is 0.856. The van der Waals surface area contributed by atoms with E-state index in [1.807, 2.05) is 18.3 Å². The number of ether oxygens (including phenoxy) is 1. The van der Waals surface area contributed by atoms with Gasteiger partial charge in [-0.2, -0.15) is 13.2 Å². The molecule has 1 aromatic rings. The number of amides is 1. The molecule has 1 amide bonds. The van der Waals surface area contributed by atoms with Crippen molar-refractivity contribution in [3.8, 4) is 0 Å². The zero-order valence-corrected chi connectivity index (χ0v) is 17.6. The third-order valence-corrected chi connectivity index (χ3v) is 6.14. The molecule has 0 bridgehead atoms. The summed E-state index contributed by atoms with van der Waals surface area (Å²) in [5.41, 5.74) is -2.28. The van der Waals surface area contributed by atoms with Gasteiger partial charge < -0.3 is 19.8 Å². The minimum Gasteiger partial charge on any atom is -0.388 e. The van der Waals surface area contributed by atoms with Gasteiger partial charge in [-0.25, -0.2) is 4.79 Å². The number of aromatic amines is 1. The molecule has 0 aromatic carbocycles. The number of nitrogens with zero attached hydrogens (tertiary/aromatic N) is 2. The molecule has 0 unspecified atom stereocenters. The van der Waals surface area contributed by atoms with E-state index in [1.165, 1.54) is 0 Å². The van der Waals surface area contributed by atoms with Gasteiger partial charge in [-0.15, -0.1) is 13.2 Å². The van der Waals surface area contributed by atoms with Crippen molar-refractivity contribution in [2.75, 3.05) is 26.5 Å². The molecule has 0 radical (unpaired) electrons. The van der Waals surface area contributed by atoms with Gasteiger partial charge in [0.2, 0.25) is 0 Å². The van der Waals surface area contributed by atoms with E-state index in [9.17, 15) is 37.8 Å². The smallest absolute Gasteiger partial charge is 0.388 e. The Morgan fingerprint density at radius 1 is 1.33 bits per heavy atom. The Morgan fingerprint density at radius 3 is 2.47 bits per heavy atom. The Morgan fingerprint density at radius 2 is 1.93 bits per heavy atom. The lowest BCUT2D eigenvalue weighted by molar-refractivity contribution is -0.184. The van der Waals surface area contributed by atoms with E-state index in [-0.39, 0.29) is 10.5 Å². The number of H-pyrrole nitrogens is 1. The number of hydrogen-bond acceptors (Lipinski definition) is 6. The van der Waals surface area contributed by atoms with Crippen LogP contribution in [0.15, 0.2) is 15.8 Å². The number of hydrogen-bond donors (Lipinski definition) is 3. The SMILES string of the molecule is C=P(C)(C)CC[C@H]1O[C@@H](n2cc(CN(C)C(=O)C(F)(F)F)c(=O)[nH]c2=O)[C@H](O)[C@@H]1O. The molecule has 1 saturated heterocycles. The first-order valence-corrected chi connectivity index (χ1v) is 12.0. The maximum absolute atomic E-state index is 12.6. The number of nitrogens with one attached hydrogen (secondary N) is 1. The topological polar surface area (TPSA) is 125 Å². The van der Waals surface area contributed by atoms with E-state index in [4.69, 9.17) is 4.74 Å². The zero-order valence-electron chi connectivity index (χ0n) is 16.7. The fourth-order valence-corrected chi connectivity index (χ4v) is 4.00. The van der Waals surface area contributed by atoms with Crippen LogP contribution in [0.3, 0.4) is 0 Å². The summed E-state index contributed by atoms with van der Waals surface area (Å²) >= 11 is 0. The molecule has 13 heteroatoms. The van der Waals surface area contributed by atoms with Gasteiger partial charge >= 0.3 is 17.8 Å². The molecule has 1 aliphatic heterocycles. The number of carbonyl (C=O) groups is 1. The summed E-state index contributed by atoms with van der Waals surface area (Å²) in [6.07, 6.45) is -4.07. The van der Waals surface area contributed by atoms with Crippen LogP contribution in [-0.2, 0) is 16.1 Å². The van der Waals surface area contributed by atoms with E-state index in [2.05, 4.69) is 6.30 Å². The van der Waals surface area contributed by atoms with Crippen LogP contribution in [0.5, 0.6) is 0 Å². The fraction of sp³-hybridized carbons (Fsp3) is 0.647. The molecule has 1 fully saturated rings. The van der Waals surface area contributed by atoms with Crippen molar-refractivity contribution in [3.63, 3.8) is 0 Å². The summed E-state index contributed by atoms with van der Waals surface area (Å²) in [6.45, 7) is 1.80. The quantitative estimate of drug-likeness (QED) is 0.510. The molecule has 3 N–H and O–H groups in total. The lowest BCUT2D eigenvalue weighted by Gasteiger charge is -2.21. The standard InChI is InChI=1S/C17H25F3N3O6P/c1-22(15(27)17(18,19)20)7-9-8-23(16(28)21-13(9)26)14-12(25)11(24)10(29-14)5-6-30(2,3)4/h8,10-12,14,24-25H,2,5-7H2,1,3-4H3,(H,21,26,28)/t10-,11-,12-,14-/m1/s1.